The maximum absolute atomic E-state index is 10.8. The van der Waals surface area contributed by atoms with Gasteiger partial charge in [-0.05, 0) is 12.1 Å². The monoisotopic (exact) mass is 243 g/mol. The van der Waals surface area contributed by atoms with Gasteiger partial charge in [0.15, 0.2) is 5.75 Å². The van der Waals surface area contributed by atoms with Gasteiger partial charge in [-0.3, -0.25) is 14.9 Å². The number of para-hydroxylation sites is 1. The van der Waals surface area contributed by atoms with E-state index >= 15 is 0 Å². The lowest BCUT2D eigenvalue weighted by molar-refractivity contribution is -0.388. The normalized spacial score (nSPS) is 9.81. The van der Waals surface area contributed by atoms with E-state index in [1.165, 1.54) is 19.2 Å². The van der Waals surface area contributed by atoms with E-state index in [0.717, 1.165) is 11.8 Å². The maximum Gasteiger partial charge on any atom is 0.324 e. The van der Waals surface area contributed by atoms with Crippen LogP contribution in [-0.4, -0.2) is 28.9 Å². The van der Waals surface area contributed by atoms with Gasteiger partial charge in [-0.25, -0.2) is 0 Å². The Kier molecular flexibility index (Phi) is 4.12. The van der Waals surface area contributed by atoms with Crippen LogP contribution in [0.5, 0.6) is 5.75 Å². The summed E-state index contributed by atoms with van der Waals surface area (Å²) in [6.45, 7) is 0. The molecule has 7 heteroatoms. The van der Waals surface area contributed by atoms with Gasteiger partial charge < -0.3 is 9.84 Å². The summed E-state index contributed by atoms with van der Waals surface area (Å²) < 4.78 is 4.85. The molecule has 6 nitrogen and oxygen atoms in total. The Balaban J connectivity index is 3.07. The molecule has 0 spiro atoms. The highest BCUT2D eigenvalue weighted by molar-refractivity contribution is 8.00. The van der Waals surface area contributed by atoms with Crippen LogP contribution >= 0.6 is 11.8 Å². The lowest BCUT2D eigenvalue weighted by atomic mass is 10.3. The highest BCUT2D eigenvalue weighted by Gasteiger charge is 2.21. The second kappa shape index (κ2) is 5.36. The van der Waals surface area contributed by atoms with Crippen molar-refractivity contribution < 1.29 is 19.6 Å². The number of nitrogens with zero attached hydrogens (tertiary/aromatic N) is 1. The number of carbonyl (C=O) groups is 1. The quantitative estimate of drug-likeness (QED) is 0.481. The fraction of sp³-hybridized carbons (Fsp3) is 0.222. The van der Waals surface area contributed by atoms with Crippen molar-refractivity contribution in [2.45, 2.75) is 4.90 Å². The largest absolute Gasteiger partial charge is 0.490 e. The minimum absolute atomic E-state index is 0.125. The molecule has 0 amide bonds. The Labute approximate surface area is 95.4 Å². The summed E-state index contributed by atoms with van der Waals surface area (Å²) in [5.74, 6) is -1.13. The summed E-state index contributed by atoms with van der Waals surface area (Å²) in [5, 5.41) is 19.3. The third kappa shape index (κ3) is 2.86. The molecule has 0 atom stereocenters. The number of hydrogen-bond acceptors (Lipinski definition) is 5. The SMILES string of the molecule is COc1cccc(SCC(=O)O)c1[N+](=O)[O-]. The van der Waals surface area contributed by atoms with E-state index in [1.54, 1.807) is 6.07 Å². The van der Waals surface area contributed by atoms with Crippen molar-refractivity contribution in [2.75, 3.05) is 12.9 Å². The molecule has 0 aromatic heterocycles. The van der Waals surface area contributed by atoms with Crippen LogP contribution in [0.2, 0.25) is 0 Å². The van der Waals surface area contributed by atoms with E-state index in [-0.39, 0.29) is 22.1 Å². The van der Waals surface area contributed by atoms with Crippen molar-refractivity contribution in [3.05, 3.63) is 28.3 Å². The molecule has 0 fully saturated rings. The minimum Gasteiger partial charge on any atom is -0.490 e. The van der Waals surface area contributed by atoms with Crippen LogP contribution in [0, 0.1) is 10.1 Å². The number of carboxylic acids is 1. The maximum atomic E-state index is 10.8. The number of carboxylic acid groups (broad SMARTS) is 1. The van der Waals surface area contributed by atoms with Gasteiger partial charge in [0.25, 0.3) is 0 Å². The van der Waals surface area contributed by atoms with E-state index in [4.69, 9.17) is 9.84 Å². The molecule has 1 aromatic carbocycles. The molecule has 86 valence electrons. The predicted octanol–water partition coefficient (Wildman–Crippen LogP) is 1.78. The van der Waals surface area contributed by atoms with Gasteiger partial charge in [0.2, 0.25) is 0 Å². The van der Waals surface area contributed by atoms with Gasteiger partial charge >= 0.3 is 11.7 Å². The number of ether oxygens (including phenoxy) is 1. The lowest BCUT2D eigenvalue weighted by Gasteiger charge is -2.05. The van der Waals surface area contributed by atoms with Crippen LogP contribution in [0.1, 0.15) is 0 Å². The van der Waals surface area contributed by atoms with E-state index in [9.17, 15) is 14.9 Å². The third-order valence-corrected chi connectivity index (χ3v) is 2.75. The van der Waals surface area contributed by atoms with Crippen molar-refractivity contribution in [3.63, 3.8) is 0 Å². The molecule has 0 bridgehead atoms. The highest BCUT2D eigenvalue weighted by Crippen LogP contribution is 2.36. The van der Waals surface area contributed by atoms with Gasteiger partial charge in [-0.2, -0.15) is 0 Å². The second-order valence-corrected chi connectivity index (χ2v) is 3.76. The van der Waals surface area contributed by atoms with E-state index < -0.39 is 10.9 Å². The molecule has 1 aromatic rings. The summed E-state index contributed by atoms with van der Waals surface area (Å²) in [6.07, 6.45) is 0. The summed E-state index contributed by atoms with van der Waals surface area (Å²) in [7, 11) is 1.33. The molecule has 0 radical (unpaired) electrons. The number of aliphatic carboxylic acids is 1. The molecule has 0 saturated heterocycles. The summed E-state index contributed by atoms with van der Waals surface area (Å²) >= 11 is 0.892. The molecule has 0 aliphatic carbocycles. The van der Waals surface area contributed by atoms with Crippen LogP contribution in [-0.2, 0) is 4.79 Å². The standard InChI is InChI=1S/C9H9NO5S/c1-15-6-3-2-4-7(9(6)10(13)14)16-5-8(11)12/h2-4H,5H2,1H3,(H,11,12). The molecule has 16 heavy (non-hydrogen) atoms. The average Bonchev–Trinajstić information content (AvgIpc) is 2.25. The van der Waals surface area contributed by atoms with Crippen molar-refractivity contribution in [3.8, 4) is 5.75 Å². The van der Waals surface area contributed by atoms with Gasteiger partial charge in [0.05, 0.1) is 22.7 Å². The van der Waals surface area contributed by atoms with E-state index in [1.807, 2.05) is 0 Å². The summed E-state index contributed by atoms with van der Waals surface area (Å²) in [5.41, 5.74) is -0.198. The molecule has 0 aliphatic rings. The predicted molar refractivity (Wildman–Crippen MR) is 58.0 cm³/mol. The lowest BCUT2D eigenvalue weighted by Crippen LogP contribution is -2.00. The average molecular weight is 243 g/mol. The van der Waals surface area contributed by atoms with Crippen LogP contribution in [0.3, 0.4) is 0 Å². The molecular weight excluding hydrogens is 234 g/mol. The Morgan fingerprint density at radius 1 is 1.62 bits per heavy atom. The van der Waals surface area contributed by atoms with Crippen LogP contribution < -0.4 is 4.74 Å². The third-order valence-electron chi connectivity index (χ3n) is 1.72. The van der Waals surface area contributed by atoms with Crippen LogP contribution in [0.15, 0.2) is 23.1 Å². The number of benzene rings is 1. The number of thioether (sulfide) groups is 1. The molecule has 0 unspecified atom stereocenters. The zero-order valence-electron chi connectivity index (χ0n) is 8.37. The molecule has 0 heterocycles. The minimum atomic E-state index is -1.03. The topological polar surface area (TPSA) is 89.7 Å². The van der Waals surface area contributed by atoms with Crippen LogP contribution in [0.25, 0.3) is 0 Å². The summed E-state index contributed by atoms with van der Waals surface area (Å²) in [4.78, 5) is 20.9. The second-order valence-electron chi connectivity index (χ2n) is 2.75. The van der Waals surface area contributed by atoms with Crippen LogP contribution in [0.4, 0.5) is 5.69 Å². The Hall–Kier alpha value is -1.76. The number of hydrogen-bond donors (Lipinski definition) is 1. The van der Waals surface area contributed by atoms with Crippen molar-refractivity contribution in [1.82, 2.24) is 0 Å². The van der Waals surface area contributed by atoms with Crippen molar-refractivity contribution in [2.24, 2.45) is 0 Å². The van der Waals surface area contributed by atoms with Gasteiger partial charge in [0.1, 0.15) is 0 Å². The molecule has 1 rings (SSSR count). The first-order valence-corrected chi connectivity index (χ1v) is 5.20. The fourth-order valence-corrected chi connectivity index (χ4v) is 1.87. The molecule has 1 N–H and O–H groups in total. The first-order valence-electron chi connectivity index (χ1n) is 4.22. The molecular formula is C9H9NO5S. The zero-order valence-corrected chi connectivity index (χ0v) is 9.19. The number of nitro groups is 1. The highest BCUT2D eigenvalue weighted by atomic mass is 32.2. The van der Waals surface area contributed by atoms with Gasteiger partial charge in [-0.15, -0.1) is 11.8 Å². The molecule has 0 aliphatic heterocycles. The fourth-order valence-electron chi connectivity index (χ4n) is 1.10. The smallest absolute Gasteiger partial charge is 0.324 e. The Morgan fingerprint density at radius 3 is 2.81 bits per heavy atom. The first kappa shape index (κ1) is 12.3. The van der Waals surface area contributed by atoms with E-state index in [2.05, 4.69) is 0 Å². The van der Waals surface area contributed by atoms with Crippen molar-refractivity contribution in [1.29, 1.82) is 0 Å². The van der Waals surface area contributed by atoms with Gasteiger partial charge in [0, 0.05) is 0 Å². The van der Waals surface area contributed by atoms with Gasteiger partial charge in [-0.1, -0.05) is 6.07 Å². The number of rotatable bonds is 5. The number of nitro benzene ring substituents is 1. The van der Waals surface area contributed by atoms with E-state index in [0.29, 0.717) is 0 Å². The first-order chi connectivity index (χ1) is 7.56. The zero-order chi connectivity index (χ0) is 12.1. The van der Waals surface area contributed by atoms with Crippen molar-refractivity contribution >= 4 is 23.4 Å². The molecule has 0 saturated carbocycles. The summed E-state index contributed by atoms with van der Waals surface area (Å²) in [6, 6.07) is 4.53. The Morgan fingerprint density at radius 2 is 2.31 bits per heavy atom. The number of methoxy groups -OCH3 is 1. The Bertz CT molecular complexity index is 420.